The van der Waals surface area contributed by atoms with Crippen molar-refractivity contribution < 1.29 is 0 Å². The first-order valence-electron chi connectivity index (χ1n) is 4.83. The molecule has 0 unspecified atom stereocenters. The summed E-state index contributed by atoms with van der Waals surface area (Å²) < 4.78 is 0. The van der Waals surface area contributed by atoms with Gasteiger partial charge in [0, 0.05) is 10.1 Å². The Labute approximate surface area is 92.2 Å². The van der Waals surface area contributed by atoms with E-state index in [1.54, 1.807) is 11.8 Å². The van der Waals surface area contributed by atoms with Gasteiger partial charge in [-0.05, 0) is 23.6 Å². The Morgan fingerprint density at radius 1 is 0.867 bits per heavy atom. The molecule has 0 atom stereocenters. The van der Waals surface area contributed by atoms with E-state index in [0.717, 1.165) is 11.0 Å². The highest BCUT2D eigenvalue weighted by Gasteiger charge is 2.02. The summed E-state index contributed by atoms with van der Waals surface area (Å²) in [5.74, 6) is 0. The first-order chi connectivity index (χ1) is 7.43. The molecule has 15 heavy (non-hydrogen) atoms. The van der Waals surface area contributed by atoms with E-state index in [-0.39, 0.29) is 0 Å². The van der Waals surface area contributed by atoms with Gasteiger partial charge in [-0.3, -0.25) is 0 Å². The van der Waals surface area contributed by atoms with Crippen LogP contribution in [0.5, 0.6) is 0 Å². The maximum absolute atomic E-state index is 4.65. The SMILES string of the molecule is C1=c2ccccc2=Nc2ccccc2S1. The van der Waals surface area contributed by atoms with Gasteiger partial charge in [0.15, 0.2) is 0 Å². The lowest BCUT2D eigenvalue weighted by Gasteiger charge is -1.98. The molecule has 1 aliphatic heterocycles. The molecule has 0 saturated heterocycles. The van der Waals surface area contributed by atoms with Crippen molar-refractivity contribution in [3.8, 4) is 0 Å². The summed E-state index contributed by atoms with van der Waals surface area (Å²) in [6.45, 7) is 0. The molecule has 2 heteroatoms. The lowest BCUT2D eigenvalue weighted by Crippen LogP contribution is -2.22. The minimum absolute atomic E-state index is 1.05. The lowest BCUT2D eigenvalue weighted by molar-refractivity contribution is 1.27. The highest BCUT2D eigenvalue weighted by Crippen LogP contribution is 2.30. The second kappa shape index (κ2) is 3.55. The van der Waals surface area contributed by atoms with Gasteiger partial charge in [0.1, 0.15) is 0 Å². The Bertz CT molecular complexity index is 616. The largest absolute Gasteiger partial charge is 0.247 e. The van der Waals surface area contributed by atoms with Crippen LogP contribution in [0.25, 0.3) is 5.41 Å². The summed E-state index contributed by atoms with van der Waals surface area (Å²) in [5.41, 5.74) is 1.06. The van der Waals surface area contributed by atoms with Crippen molar-refractivity contribution in [1.29, 1.82) is 0 Å². The van der Waals surface area contributed by atoms with E-state index >= 15 is 0 Å². The van der Waals surface area contributed by atoms with Crippen LogP contribution in [0, 0.1) is 0 Å². The molecule has 0 amide bonds. The van der Waals surface area contributed by atoms with Gasteiger partial charge in [0.25, 0.3) is 0 Å². The van der Waals surface area contributed by atoms with E-state index in [1.165, 1.54) is 10.1 Å². The number of rotatable bonds is 0. The molecule has 2 aromatic rings. The second-order valence-corrected chi connectivity index (χ2v) is 4.29. The van der Waals surface area contributed by atoms with Crippen LogP contribution in [0.2, 0.25) is 0 Å². The third-order valence-corrected chi connectivity index (χ3v) is 3.33. The van der Waals surface area contributed by atoms with E-state index in [4.69, 9.17) is 0 Å². The third-order valence-electron chi connectivity index (χ3n) is 2.36. The molecule has 0 saturated carbocycles. The zero-order valence-corrected chi connectivity index (χ0v) is 8.87. The molecular formula is C13H9NS. The normalized spacial score (nSPS) is 12.8. The van der Waals surface area contributed by atoms with Gasteiger partial charge in [-0.1, -0.05) is 42.1 Å². The fourth-order valence-electron chi connectivity index (χ4n) is 1.59. The second-order valence-electron chi connectivity index (χ2n) is 3.37. The van der Waals surface area contributed by atoms with Crippen molar-refractivity contribution in [2.75, 3.05) is 0 Å². The minimum atomic E-state index is 1.05. The quantitative estimate of drug-likeness (QED) is 0.652. The Kier molecular flexibility index (Phi) is 2.07. The number of thioether (sulfide) groups is 1. The minimum Gasteiger partial charge on any atom is -0.247 e. The van der Waals surface area contributed by atoms with E-state index in [1.807, 2.05) is 24.3 Å². The van der Waals surface area contributed by atoms with Crippen molar-refractivity contribution in [3.63, 3.8) is 0 Å². The number of nitrogens with zero attached hydrogens (tertiary/aromatic N) is 1. The van der Waals surface area contributed by atoms with E-state index in [9.17, 15) is 0 Å². The number of benzene rings is 2. The predicted octanol–water partition coefficient (Wildman–Crippen LogP) is 2.48. The number of fused-ring (bicyclic) bond motifs is 2. The molecule has 0 aromatic heterocycles. The van der Waals surface area contributed by atoms with Gasteiger partial charge in [-0.15, -0.1) is 0 Å². The number of hydrogen-bond acceptors (Lipinski definition) is 2. The van der Waals surface area contributed by atoms with Gasteiger partial charge in [0.2, 0.25) is 0 Å². The molecule has 0 radical (unpaired) electrons. The molecule has 3 rings (SSSR count). The maximum Gasteiger partial charge on any atom is 0.0776 e. The summed E-state index contributed by atoms with van der Waals surface area (Å²) in [6, 6.07) is 16.4. The molecule has 0 bridgehead atoms. The van der Waals surface area contributed by atoms with E-state index in [2.05, 4.69) is 34.7 Å². The van der Waals surface area contributed by atoms with Gasteiger partial charge in [-0.2, -0.15) is 0 Å². The molecule has 72 valence electrons. The van der Waals surface area contributed by atoms with Crippen molar-refractivity contribution in [2.45, 2.75) is 4.90 Å². The third kappa shape index (κ3) is 1.57. The molecule has 1 nitrogen and oxygen atoms in total. The Morgan fingerprint density at radius 3 is 2.67 bits per heavy atom. The van der Waals surface area contributed by atoms with Gasteiger partial charge < -0.3 is 0 Å². The zero-order chi connectivity index (χ0) is 10.1. The van der Waals surface area contributed by atoms with Crippen LogP contribution >= 0.6 is 11.8 Å². The van der Waals surface area contributed by atoms with E-state index < -0.39 is 0 Å². The average Bonchev–Trinajstić information content (AvgIpc) is 2.48. The van der Waals surface area contributed by atoms with Crippen LogP contribution in [0.3, 0.4) is 0 Å². The zero-order valence-electron chi connectivity index (χ0n) is 8.05. The standard InChI is InChI=1S/C13H9NS/c1-2-6-11-10(5-1)9-15-13-8-4-3-7-12(13)14-11/h1-9H. The van der Waals surface area contributed by atoms with Gasteiger partial charge >= 0.3 is 0 Å². The molecule has 0 N–H and O–H groups in total. The molecule has 0 fully saturated rings. The van der Waals surface area contributed by atoms with Gasteiger partial charge in [-0.25, -0.2) is 4.99 Å². The number of hydrogen-bond donors (Lipinski definition) is 0. The van der Waals surface area contributed by atoms with Crippen LogP contribution < -0.4 is 10.6 Å². The van der Waals surface area contributed by atoms with Crippen LogP contribution in [0.1, 0.15) is 0 Å². The highest BCUT2D eigenvalue weighted by molar-refractivity contribution is 8.06. The summed E-state index contributed by atoms with van der Waals surface area (Å²) >= 11 is 1.73. The summed E-state index contributed by atoms with van der Waals surface area (Å²) in [7, 11) is 0. The monoisotopic (exact) mass is 211 g/mol. The van der Waals surface area contributed by atoms with Gasteiger partial charge in [0.05, 0.1) is 11.0 Å². The lowest BCUT2D eigenvalue weighted by atomic mass is 10.3. The van der Waals surface area contributed by atoms with Crippen LogP contribution in [0.4, 0.5) is 5.69 Å². The summed E-state index contributed by atoms with van der Waals surface area (Å²) in [5, 5.41) is 4.40. The molecule has 0 aliphatic carbocycles. The first-order valence-corrected chi connectivity index (χ1v) is 5.71. The van der Waals surface area contributed by atoms with Crippen molar-refractivity contribution in [2.24, 2.45) is 4.99 Å². The predicted molar refractivity (Wildman–Crippen MR) is 63.6 cm³/mol. The molecule has 2 aromatic carbocycles. The Morgan fingerprint density at radius 2 is 1.67 bits per heavy atom. The molecular weight excluding hydrogens is 202 g/mol. The Balaban J connectivity index is 2.36. The molecule has 0 spiro atoms. The Hall–Kier alpha value is -1.54. The average molecular weight is 211 g/mol. The summed E-state index contributed by atoms with van der Waals surface area (Å²) in [6.07, 6.45) is 0. The van der Waals surface area contributed by atoms with Crippen molar-refractivity contribution in [3.05, 3.63) is 59.1 Å². The van der Waals surface area contributed by atoms with Crippen molar-refractivity contribution >= 4 is 22.9 Å². The van der Waals surface area contributed by atoms with Crippen LogP contribution in [0.15, 0.2) is 58.4 Å². The summed E-state index contributed by atoms with van der Waals surface area (Å²) in [4.78, 5) is 5.87. The fourth-order valence-corrected chi connectivity index (χ4v) is 2.44. The highest BCUT2D eigenvalue weighted by atomic mass is 32.2. The fraction of sp³-hybridized carbons (Fsp3) is 0. The van der Waals surface area contributed by atoms with E-state index in [0.29, 0.717) is 0 Å². The number of para-hydroxylation sites is 2. The van der Waals surface area contributed by atoms with Crippen LogP contribution in [-0.4, -0.2) is 0 Å². The van der Waals surface area contributed by atoms with Crippen LogP contribution in [-0.2, 0) is 0 Å². The first kappa shape index (κ1) is 8.74. The molecule has 1 aliphatic rings. The smallest absolute Gasteiger partial charge is 0.0776 e. The van der Waals surface area contributed by atoms with Crippen molar-refractivity contribution in [1.82, 2.24) is 0 Å². The topological polar surface area (TPSA) is 12.4 Å². The molecule has 1 heterocycles. The maximum atomic E-state index is 4.65.